The van der Waals surface area contributed by atoms with Crippen LogP contribution in [0.2, 0.25) is 5.02 Å². The third-order valence-corrected chi connectivity index (χ3v) is 3.65. The second kappa shape index (κ2) is 4.28. The lowest BCUT2D eigenvalue weighted by atomic mass is 10.1. The molecular weight excluding hydrogens is 242 g/mol. The van der Waals surface area contributed by atoms with Gasteiger partial charge < -0.3 is 5.73 Å². The number of ketones is 1. The van der Waals surface area contributed by atoms with E-state index in [0.717, 1.165) is 5.56 Å². The maximum Gasteiger partial charge on any atom is 0.204 e. The van der Waals surface area contributed by atoms with Gasteiger partial charge in [-0.3, -0.25) is 4.79 Å². The first kappa shape index (κ1) is 11.2. The molecule has 0 spiro atoms. The third-order valence-electron chi connectivity index (χ3n) is 2.30. The molecule has 1 heterocycles. The molecule has 4 heteroatoms. The highest BCUT2D eigenvalue weighted by Crippen LogP contribution is 2.25. The Morgan fingerprint density at radius 3 is 2.75 bits per heavy atom. The van der Waals surface area contributed by atoms with Crippen LogP contribution >= 0.6 is 22.9 Å². The van der Waals surface area contributed by atoms with Crippen LogP contribution in [0.1, 0.15) is 20.8 Å². The molecule has 0 bridgehead atoms. The molecule has 2 N–H and O–H groups in total. The zero-order valence-electron chi connectivity index (χ0n) is 8.66. The normalized spacial score (nSPS) is 10.4. The summed E-state index contributed by atoms with van der Waals surface area (Å²) in [5, 5.41) is 2.33. The molecule has 0 radical (unpaired) electrons. The smallest absolute Gasteiger partial charge is 0.204 e. The number of thiophene rings is 1. The number of hydrogen-bond acceptors (Lipinski definition) is 3. The Morgan fingerprint density at radius 2 is 2.12 bits per heavy atom. The molecule has 1 aromatic heterocycles. The minimum absolute atomic E-state index is 0.0650. The summed E-state index contributed by atoms with van der Waals surface area (Å²) in [4.78, 5) is 12.9. The summed E-state index contributed by atoms with van der Waals surface area (Å²) in [5.74, 6) is -0.0650. The molecule has 0 unspecified atom stereocenters. The van der Waals surface area contributed by atoms with Gasteiger partial charge in [0.2, 0.25) is 5.78 Å². The van der Waals surface area contributed by atoms with Crippen LogP contribution in [0.3, 0.4) is 0 Å². The molecule has 2 nitrogen and oxygen atoms in total. The monoisotopic (exact) mass is 251 g/mol. The Morgan fingerprint density at radius 1 is 1.38 bits per heavy atom. The number of rotatable bonds is 2. The molecule has 0 aliphatic heterocycles. The van der Waals surface area contributed by atoms with Crippen LogP contribution in [0.25, 0.3) is 0 Å². The number of halogens is 1. The molecule has 0 saturated carbocycles. The molecular formula is C12H10ClNOS. The van der Waals surface area contributed by atoms with E-state index in [1.165, 1.54) is 11.3 Å². The van der Waals surface area contributed by atoms with Crippen molar-refractivity contribution < 1.29 is 4.79 Å². The van der Waals surface area contributed by atoms with E-state index >= 15 is 0 Å². The third kappa shape index (κ3) is 1.96. The summed E-state index contributed by atoms with van der Waals surface area (Å²) < 4.78 is 0. The fourth-order valence-corrected chi connectivity index (χ4v) is 2.53. The minimum atomic E-state index is -0.0650. The topological polar surface area (TPSA) is 43.1 Å². The van der Waals surface area contributed by atoms with Gasteiger partial charge in [0.1, 0.15) is 0 Å². The molecule has 2 rings (SSSR count). The largest absolute Gasteiger partial charge is 0.399 e. The van der Waals surface area contributed by atoms with E-state index in [0.29, 0.717) is 21.2 Å². The van der Waals surface area contributed by atoms with Crippen LogP contribution in [0, 0.1) is 6.92 Å². The van der Waals surface area contributed by atoms with Crippen molar-refractivity contribution in [1.29, 1.82) is 0 Å². The molecule has 0 fully saturated rings. The first-order valence-electron chi connectivity index (χ1n) is 4.73. The van der Waals surface area contributed by atoms with Gasteiger partial charge in [-0.2, -0.15) is 0 Å². The van der Waals surface area contributed by atoms with Crippen LogP contribution < -0.4 is 5.73 Å². The first-order chi connectivity index (χ1) is 7.59. The van der Waals surface area contributed by atoms with Crippen molar-refractivity contribution in [2.45, 2.75) is 6.92 Å². The Labute approximate surface area is 103 Å². The first-order valence-corrected chi connectivity index (χ1v) is 5.99. The van der Waals surface area contributed by atoms with Crippen molar-refractivity contribution in [3.8, 4) is 0 Å². The second-order valence-electron chi connectivity index (χ2n) is 3.50. The predicted octanol–water partition coefficient (Wildman–Crippen LogP) is 3.52. The number of nitrogens with two attached hydrogens (primary N) is 1. The quantitative estimate of drug-likeness (QED) is 0.656. The van der Waals surface area contributed by atoms with Crippen molar-refractivity contribution in [3.63, 3.8) is 0 Å². The highest BCUT2D eigenvalue weighted by molar-refractivity contribution is 7.12. The summed E-state index contributed by atoms with van der Waals surface area (Å²) in [6.45, 7) is 1.91. The van der Waals surface area contributed by atoms with E-state index in [1.54, 1.807) is 18.2 Å². The number of anilines is 1. The fraction of sp³-hybridized carbons (Fsp3) is 0.0833. The molecule has 0 atom stereocenters. The van der Waals surface area contributed by atoms with Gasteiger partial charge >= 0.3 is 0 Å². The molecule has 82 valence electrons. The van der Waals surface area contributed by atoms with Crippen LogP contribution in [0.4, 0.5) is 5.69 Å². The van der Waals surface area contributed by atoms with Crippen molar-refractivity contribution in [1.82, 2.24) is 0 Å². The molecule has 0 aliphatic carbocycles. The van der Waals surface area contributed by atoms with Gasteiger partial charge in [0, 0.05) is 11.3 Å². The molecule has 2 aromatic rings. The van der Waals surface area contributed by atoms with E-state index in [4.69, 9.17) is 17.3 Å². The lowest BCUT2D eigenvalue weighted by molar-refractivity contribution is 0.104. The average molecular weight is 252 g/mol. The van der Waals surface area contributed by atoms with E-state index in [2.05, 4.69) is 0 Å². The zero-order valence-corrected chi connectivity index (χ0v) is 10.2. The SMILES string of the molecule is Cc1ccsc1C(=O)c1cc(N)ccc1Cl. The second-order valence-corrected chi connectivity index (χ2v) is 4.82. The van der Waals surface area contributed by atoms with E-state index < -0.39 is 0 Å². The number of nitrogen functional groups attached to an aromatic ring is 1. The molecule has 0 saturated heterocycles. The maximum absolute atomic E-state index is 12.2. The number of carbonyl (C=O) groups is 1. The van der Waals surface area contributed by atoms with Crippen LogP contribution in [0.5, 0.6) is 0 Å². The van der Waals surface area contributed by atoms with Crippen molar-refractivity contribution in [2.24, 2.45) is 0 Å². The predicted molar refractivity (Wildman–Crippen MR) is 68.4 cm³/mol. The van der Waals surface area contributed by atoms with Crippen LogP contribution in [0.15, 0.2) is 29.6 Å². The Bertz CT molecular complexity index is 548. The summed E-state index contributed by atoms with van der Waals surface area (Å²) in [6, 6.07) is 6.86. The highest BCUT2D eigenvalue weighted by Gasteiger charge is 2.16. The van der Waals surface area contributed by atoms with Crippen molar-refractivity contribution in [2.75, 3.05) is 5.73 Å². The van der Waals surface area contributed by atoms with Crippen LogP contribution in [-0.2, 0) is 0 Å². The van der Waals surface area contributed by atoms with Gasteiger partial charge in [0.25, 0.3) is 0 Å². The minimum Gasteiger partial charge on any atom is -0.399 e. The number of hydrogen-bond donors (Lipinski definition) is 1. The molecule has 0 amide bonds. The van der Waals surface area contributed by atoms with Gasteiger partial charge in [-0.05, 0) is 42.1 Å². The highest BCUT2D eigenvalue weighted by atomic mass is 35.5. The Balaban J connectivity index is 2.49. The van der Waals surface area contributed by atoms with Gasteiger partial charge in [-0.25, -0.2) is 0 Å². The van der Waals surface area contributed by atoms with E-state index in [-0.39, 0.29) is 5.78 Å². The number of benzene rings is 1. The van der Waals surface area contributed by atoms with Crippen molar-refractivity contribution >= 4 is 34.4 Å². The van der Waals surface area contributed by atoms with Gasteiger partial charge in [0.15, 0.2) is 0 Å². The lowest BCUT2D eigenvalue weighted by Gasteiger charge is -2.04. The summed E-state index contributed by atoms with van der Waals surface area (Å²) in [5.41, 5.74) is 7.62. The van der Waals surface area contributed by atoms with Gasteiger partial charge in [-0.15, -0.1) is 11.3 Å². The van der Waals surface area contributed by atoms with E-state index in [9.17, 15) is 4.79 Å². The fourth-order valence-electron chi connectivity index (χ4n) is 1.44. The van der Waals surface area contributed by atoms with Gasteiger partial charge in [0.05, 0.1) is 9.90 Å². The Hall–Kier alpha value is -1.32. The maximum atomic E-state index is 12.2. The molecule has 16 heavy (non-hydrogen) atoms. The van der Waals surface area contributed by atoms with E-state index in [1.807, 2.05) is 18.4 Å². The summed E-state index contributed by atoms with van der Waals surface area (Å²) in [7, 11) is 0. The van der Waals surface area contributed by atoms with Crippen LogP contribution in [-0.4, -0.2) is 5.78 Å². The summed E-state index contributed by atoms with van der Waals surface area (Å²) >= 11 is 7.41. The standard InChI is InChI=1S/C12H10ClNOS/c1-7-4-5-16-12(7)11(15)9-6-8(14)2-3-10(9)13/h2-6H,14H2,1H3. The average Bonchev–Trinajstić information content (AvgIpc) is 2.67. The van der Waals surface area contributed by atoms with Crippen molar-refractivity contribution in [3.05, 3.63) is 50.7 Å². The molecule has 0 aliphatic rings. The molecule has 1 aromatic carbocycles. The van der Waals surface area contributed by atoms with Gasteiger partial charge in [-0.1, -0.05) is 11.6 Å². The lowest BCUT2D eigenvalue weighted by Crippen LogP contribution is -2.02. The zero-order chi connectivity index (χ0) is 11.7. The number of carbonyl (C=O) groups excluding carboxylic acids is 1. The summed E-state index contributed by atoms with van der Waals surface area (Å²) in [6.07, 6.45) is 0. The number of aryl methyl sites for hydroxylation is 1. The Kier molecular flexibility index (Phi) is 2.99.